The molecule has 1 rings (SSSR count). The summed E-state index contributed by atoms with van der Waals surface area (Å²) in [6, 6.07) is -1.01. The molecule has 1 unspecified atom stereocenters. The number of guanidine groups is 1. The number of thiol groups is 1. The number of hydrogen-bond donors (Lipinski definition) is 6. The van der Waals surface area contributed by atoms with Gasteiger partial charge in [-0.2, -0.15) is 0 Å². The van der Waals surface area contributed by atoms with E-state index in [0.29, 0.717) is 0 Å². The van der Waals surface area contributed by atoms with Crippen molar-refractivity contribution < 1.29 is 33.5 Å². The maximum absolute atomic E-state index is 10.7. The van der Waals surface area contributed by atoms with Gasteiger partial charge >= 0.3 is 7.82 Å². The van der Waals surface area contributed by atoms with Gasteiger partial charge in [0.25, 0.3) is 0 Å². The molecule has 0 bridgehead atoms. The van der Waals surface area contributed by atoms with Gasteiger partial charge in [0.2, 0.25) is 0 Å². The number of phosphoric acid groups is 1. The Morgan fingerprint density at radius 2 is 2.14 bits per heavy atom. The average Bonchev–Trinajstić information content (AvgIpc) is 2.59. The van der Waals surface area contributed by atoms with E-state index in [1.165, 1.54) is 0 Å². The molecule has 0 aromatic rings. The fourth-order valence-electron chi connectivity index (χ4n) is 1.71. The monoisotopic (exact) mass is 341 g/mol. The molecule has 7 N–H and O–H groups in total. The quantitative estimate of drug-likeness (QED) is 0.0547. The van der Waals surface area contributed by atoms with Crippen molar-refractivity contribution in [2.75, 3.05) is 13.2 Å². The molecule has 13 heteroatoms. The van der Waals surface area contributed by atoms with E-state index in [2.05, 4.69) is 22.1 Å². The van der Waals surface area contributed by atoms with E-state index >= 15 is 0 Å². The van der Waals surface area contributed by atoms with E-state index in [9.17, 15) is 9.67 Å². The summed E-state index contributed by atoms with van der Waals surface area (Å²) in [5.41, 5.74) is 8.89. The molecule has 0 aliphatic carbocycles. The maximum atomic E-state index is 10.7. The van der Waals surface area contributed by atoms with Gasteiger partial charge in [-0.25, -0.2) is 4.57 Å². The van der Waals surface area contributed by atoms with Crippen LogP contribution in [-0.2, 0) is 18.6 Å². The third-order valence-corrected chi connectivity index (χ3v) is 3.60. The SMILES string of the molecule is [B][C@@H]1O[C@H](C(S)OP(=O)(O)O)[C@@H](O)[C@H]1OCCN=C(N)N. The minimum atomic E-state index is -4.77. The predicted molar refractivity (Wildman–Crippen MR) is 76.7 cm³/mol. The molecule has 1 fully saturated rings. The third kappa shape index (κ3) is 6.13. The molecule has 2 radical (unpaired) electrons. The smallest absolute Gasteiger partial charge is 0.387 e. The van der Waals surface area contributed by atoms with E-state index in [0.717, 1.165) is 0 Å². The highest BCUT2D eigenvalue weighted by Gasteiger charge is 2.46. The van der Waals surface area contributed by atoms with E-state index in [4.69, 9.17) is 38.6 Å². The van der Waals surface area contributed by atoms with Crippen LogP contribution in [0.1, 0.15) is 0 Å². The van der Waals surface area contributed by atoms with Crippen molar-refractivity contribution in [2.45, 2.75) is 29.8 Å². The lowest BCUT2D eigenvalue weighted by atomic mass is 9.93. The molecule has 1 aliphatic rings. The van der Waals surface area contributed by atoms with Crippen molar-refractivity contribution in [1.82, 2.24) is 0 Å². The van der Waals surface area contributed by atoms with Crippen LogP contribution >= 0.6 is 20.5 Å². The topological polar surface area (TPSA) is 170 Å². The zero-order valence-electron chi connectivity index (χ0n) is 10.8. The van der Waals surface area contributed by atoms with Crippen LogP contribution < -0.4 is 11.5 Å². The highest BCUT2D eigenvalue weighted by molar-refractivity contribution is 7.81. The van der Waals surface area contributed by atoms with Gasteiger partial charge < -0.3 is 35.8 Å². The fourth-order valence-corrected chi connectivity index (χ4v) is 2.73. The van der Waals surface area contributed by atoms with Gasteiger partial charge in [0, 0.05) is 6.00 Å². The number of nitrogens with two attached hydrogens (primary N) is 2. The summed E-state index contributed by atoms with van der Waals surface area (Å²) >= 11 is 3.83. The van der Waals surface area contributed by atoms with Crippen molar-refractivity contribution in [3.05, 3.63) is 0 Å². The molecular weight excluding hydrogens is 324 g/mol. The van der Waals surface area contributed by atoms with E-state index in [1.54, 1.807) is 0 Å². The average molecular weight is 341 g/mol. The van der Waals surface area contributed by atoms with Gasteiger partial charge in [0.05, 0.1) is 13.2 Å². The lowest BCUT2D eigenvalue weighted by molar-refractivity contribution is -0.0317. The first-order valence-corrected chi connectivity index (χ1v) is 7.84. The number of hydrogen-bond acceptors (Lipinski definition) is 7. The van der Waals surface area contributed by atoms with Crippen LogP contribution in [0, 0.1) is 0 Å². The van der Waals surface area contributed by atoms with Crippen molar-refractivity contribution in [1.29, 1.82) is 0 Å². The molecule has 1 aliphatic heterocycles. The second-order valence-corrected chi connectivity index (χ2v) is 5.89. The van der Waals surface area contributed by atoms with Crippen LogP contribution in [0.4, 0.5) is 0 Å². The Labute approximate surface area is 127 Å². The Hall–Kier alpha value is -0.325. The zero-order valence-corrected chi connectivity index (χ0v) is 12.6. The Bertz CT molecular complexity index is 421. The maximum Gasteiger partial charge on any atom is 0.470 e. The number of rotatable bonds is 7. The zero-order chi connectivity index (χ0) is 16.2. The second kappa shape index (κ2) is 7.79. The Kier molecular flexibility index (Phi) is 6.95. The van der Waals surface area contributed by atoms with Gasteiger partial charge in [-0.1, -0.05) is 0 Å². The summed E-state index contributed by atoms with van der Waals surface area (Å²) in [6.07, 6.45) is -3.38. The molecule has 1 heterocycles. The van der Waals surface area contributed by atoms with Gasteiger partial charge in [-0.15, -0.1) is 12.6 Å². The lowest BCUT2D eigenvalue weighted by Gasteiger charge is -2.22. The Morgan fingerprint density at radius 3 is 2.67 bits per heavy atom. The Morgan fingerprint density at radius 1 is 1.52 bits per heavy atom. The normalized spacial score (nSPS) is 31.0. The predicted octanol–water partition coefficient (Wildman–Crippen LogP) is -2.74. The number of ether oxygens (including phenoxy) is 2. The highest BCUT2D eigenvalue weighted by atomic mass is 32.1. The molecule has 0 aromatic heterocycles. The Balaban J connectivity index is 2.54. The highest BCUT2D eigenvalue weighted by Crippen LogP contribution is 2.41. The van der Waals surface area contributed by atoms with Crippen LogP contribution in [0.3, 0.4) is 0 Å². The van der Waals surface area contributed by atoms with Crippen LogP contribution in [0.25, 0.3) is 0 Å². The van der Waals surface area contributed by atoms with Crippen molar-refractivity contribution in [3.8, 4) is 0 Å². The van der Waals surface area contributed by atoms with E-state index in [-0.39, 0.29) is 19.1 Å². The number of aliphatic hydroxyl groups excluding tert-OH is 1. The number of phosphoric ester groups is 1. The molecule has 5 atom stereocenters. The molecule has 0 aromatic carbocycles. The first-order valence-electron chi connectivity index (χ1n) is 5.80. The van der Waals surface area contributed by atoms with E-state index in [1.807, 2.05) is 0 Å². The summed E-state index contributed by atoms with van der Waals surface area (Å²) in [4.78, 5) is 21.1. The molecule has 0 saturated carbocycles. The van der Waals surface area contributed by atoms with Gasteiger partial charge in [-0.05, 0) is 0 Å². The molecular formula is C8H17BN3O7PS. The number of nitrogens with zero attached hydrogens (tertiary/aromatic N) is 1. The molecule has 120 valence electrons. The summed E-state index contributed by atoms with van der Waals surface area (Å²) in [7, 11) is 0.855. The summed E-state index contributed by atoms with van der Waals surface area (Å²) < 4.78 is 25.5. The number of aliphatic hydroxyl groups is 1. The van der Waals surface area contributed by atoms with Crippen molar-refractivity contribution >= 4 is 34.3 Å². The van der Waals surface area contributed by atoms with Crippen LogP contribution in [0.2, 0.25) is 0 Å². The lowest BCUT2D eigenvalue weighted by Crippen LogP contribution is -2.39. The van der Waals surface area contributed by atoms with Crippen LogP contribution in [0.15, 0.2) is 4.99 Å². The van der Waals surface area contributed by atoms with Gasteiger partial charge in [0.15, 0.2) is 5.96 Å². The first-order chi connectivity index (χ1) is 9.61. The summed E-state index contributed by atoms with van der Waals surface area (Å²) in [5.74, 6) is -0.102. The summed E-state index contributed by atoms with van der Waals surface area (Å²) in [6.45, 7) is 0.228. The number of aliphatic imine (C=N–C) groups is 1. The minimum absolute atomic E-state index is 0.0694. The van der Waals surface area contributed by atoms with Crippen LogP contribution in [-0.4, -0.2) is 71.6 Å². The first kappa shape index (κ1) is 18.7. The molecule has 21 heavy (non-hydrogen) atoms. The molecule has 0 amide bonds. The van der Waals surface area contributed by atoms with Crippen molar-refractivity contribution in [3.63, 3.8) is 0 Å². The van der Waals surface area contributed by atoms with E-state index < -0.39 is 37.6 Å². The van der Waals surface area contributed by atoms with Crippen molar-refractivity contribution in [2.24, 2.45) is 16.5 Å². The largest absolute Gasteiger partial charge is 0.470 e. The van der Waals surface area contributed by atoms with Gasteiger partial charge in [0.1, 0.15) is 31.6 Å². The third-order valence-electron chi connectivity index (χ3n) is 2.53. The molecule has 0 spiro atoms. The second-order valence-electron chi connectivity index (χ2n) is 4.18. The van der Waals surface area contributed by atoms with Gasteiger partial charge in [-0.3, -0.25) is 9.52 Å². The minimum Gasteiger partial charge on any atom is -0.387 e. The standard InChI is InChI=1S/C8H17BN3O7PS/c9-6-4(17-2-1-12-8(10)11)3(13)5(18-6)7(21)19-20(14,15)16/h3-7,13,21H,1-2H2,(H4,10,11,12)(H2,14,15,16)/t3-,4+,5-,6+,7?/m0/s1. The summed E-state index contributed by atoms with van der Waals surface area (Å²) in [5, 5.41) is 10.00. The van der Waals surface area contributed by atoms with Crippen LogP contribution in [0.5, 0.6) is 0 Å². The molecule has 10 nitrogen and oxygen atoms in total. The fraction of sp³-hybridized carbons (Fsp3) is 0.875. The molecule has 1 saturated heterocycles.